The second kappa shape index (κ2) is 4.63. The van der Waals surface area contributed by atoms with Gasteiger partial charge in [0.2, 0.25) is 0 Å². The number of carbonyl (C=O) groups is 1. The number of nitro benzene ring substituents is 2. The topological polar surface area (TPSA) is 165 Å². The van der Waals surface area contributed by atoms with Crippen molar-refractivity contribution < 1.29 is 19.5 Å². The number of hydrogen-bond donors (Lipinski definition) is 2. The first-order chi connectivity index (χ1) is 8.31. The molecule has 0 atom stereocenters. The van der Waals surface area contributed by atoms with Gasteiger partial charge in [-0.05, 0) is 6.92 Å². The fourth-order valence-electron chi connectivity index (χ4n) is 1.43. The van der Waals surface area contributed by atoms with Gasteiger partial charge in [0.1, 0.15) is 11.3 Å². The molecule has 4 N–H and O–H groups in total. The van der Waals surface area contributed by atoms with E-state index in [1.807, 2.05) is 0 Å². The van der Waals surface area contributed by atoms with Crippen LogP contribution in [0.2, 0.25) is 0 Å². The van der Waals surface area contributed by atoms with Gasteiger partial charge >= 0.3 is 11.7 Å². The molecule has 0 aliphatic heterocycles. The maximum absolute atomic E-state index is 11.2. The second-order valence-electron chi connectivity index (χ2n) is 3.25. The Morgan fingerprint density at radius 2 is 1.89 bits per heavy atom. The van der Waals surface area contributed by atoms with E-state index in [1.54, 1.807) is 0 Å². The zero-order chi connectivity index (χ0) is 14.0. The van der Waals surface area contributed by atoms with Gasteiger partial charge < -0.3 is 10.6 Å². The maximum Gasteiger partial charge on any atom is 0.359 e. The van der Waals surface area contributed by atoms with Crippen molar-refractivity contribution in [2.24, 2.45) is 5.90 Å². The standard InChI is InChI=1S/C8H8N4O6/c1-3-5(11(14)15)2-4(8(13)18-10)6(9)7(3)12(16)17/h2H,9-10H2,1H3. The van der Waals surface area contributed by atoms with E-state index >= 15 is 0 Å². The molecular weight excluding hydrogens is 248 g/mol. The first-order valence-corrected chi connectivity index (χ1v) is 4.44. The smallest absolute Gasteiger partial charge is 0.359 e. The Bertz CT molecular complexity index is 555. The average molecular weight is 256 g/mol. The highest BCUT2D eigenvalue weighted by atomic mass is 16.7. The van der Waals surface area contributed by atoms with Crippen molar-refractivity contribution >= 4 is 23.0 Å². The zero-order valence-corrected chi connectivity index (χ0v) is 9.08. The molecule has 0 fully saturated rings. The van der Waals surface area contributed by atoms with Crippen molar-refractivity contribution in [2.45, 2.75) is 6.92 Å². The lowest BCUT2D eigenvalue weighted by Crippen LogP contribution is -2.14. The third-order valence-electron chi connectivity index (χ3n) is 2.27. The predicted molar refractivity (Wildman–Crippen MR) is 58.5 cm³/mol. The van der Waals surface area contributed by atoms with Gasteiger partial charge in [-0.3, -0.25) is 20.2 Å². The van der Waals surface area contributed by atoms with Gasteiger partial charge in [-0.15, -0.1) is 0 Å². The van der Waals surface area contributed by atoms with Crippen LogP contribution in [0.4, 0.5) is 17.1 Å². The molecule has 10 nitrogen and oxygen atoms in total. The van der Waals surface area contributed by atoms with E-state index in [9.17, 15) is 25.0 Å². The third kappa shape index (κ3) is 2.04. The zero-order valence-electron chi connectivity index (χ0n) is 9.08. The third-order valence-corrected chi connectivity index (χ3v) is 2.27. The Morgan fingerprint density at radius 3 is 2.28 bits per heavy atom. The Labute approximate surface area is 99.4 Å². The summed E-state index contributed by atoms with van der Waals surface area (Å²) in [7, 11) is 0. The van der Waals surface area contributed by atoms with Crippen LogP contribution < -0.4 is 11.6 Å². The molecular formula is C8H8N4O6. The Kier molecular flexibility index (Phi) is 3.42. The van der Waals surface area contributed by atoms with Gasteiger partial charge in [0.05, 0.1) is 15.4 Å². The summed E-state index contributed by atoms with van der Waals surface area (Å²) in [6.45, 7) is 1.16. The Morgan fingerprint density at radius 1 is 1.33 bits per heavy atom. The number of nitrogens with zero attached hydrogens (tertiary/aromatic N) is 2. The van der Waals surface area contributed by atoms with Gasteiger partial charge in [0.25, 0.3) is 5.69 Å². The Balaban J connectivity index is 3.71. The van der Waals surface area contributed by atoms with Crippen LogP contribution in [-0.4, -0.2) is 15.8 Å². The second-order valence-corrected chi connectivity index (χ2v) is 3.25. The number of rotatable bonds is 3. The summed E-state index contributed by atoms with van der Waals surface area (Å²) < 4.78 is 0. The minimum atomic E-state index is -1.20. The van der Waals surface area contributed by atoms with E-state index in [-0.39, 0.29) is 5.56 Å². The lowest BCUT2D eigenvalue weighted by Gasteiger charge is -2.06. The molecule has 0 amide bonds. The first kappa shape index (κ1) is 13.3. The molecule has 0 aromatic heterocycles. The molecule has 0 aliphatic rings. The molecule has 0 spiro atoms. The lowest BCUT2D eigenvalue weighted by molar-refractivity contribution is -0.394. The van der Waals surface area contributed by atoms with Crippen molar-refractivity contribution in [1.29, 1.82) is 0 Å². The quantitative estimate of drug-likeness (QED) is 0.446. The lowest BCUT2D eigenvalue weighted by atomic mass is 10.0. The van der Waals surface area contributed by atoms with Crippen LogP contribution >= 0.6 is 0 Å². The maximum atomic E-state index is 11.2. The molecule has 0 radical (unpaired) electrons. The van der Waals surface area contributed by atoms with E-state index in [0.717, 1.165) is 13.0 Å². The minimum absolute atomic E-state index is 0.254. The summed E-state index contributed by atoms with van der Waals surface area (Å²) in [5, 5.41) is 21.5. The van der Waals surface area contributed by atoms with Crippen LogP contribution in [0.25, 0.3) is 0 Å². The van der Waals surface area contributed by atoms with Gasteiger partial charge in [0, 0.05) is 6.07 Å². The molecule has 0 aliphatic carbocycles. The van der Waals surface area contributed by atoms with E-state index in [2.05, 4.69) is 10.7 Å². The first-order valence-electron chi connectivity index (χ1n) is 4.44. The molecule has 0 heterocycles. The van der Waals surface area contributed by atoms with Crippen LogP contribution in [0.5, 0.6) is 0 Å². The molecule has 18 heavy (non-hydrogen) atoms. The van der Waals surface area contributed by atoms with Crippen molar-refractivity contribution in [3.8, 4) is 0 Å². The summed E-state index contributed by atoms with van der Waals surface area (Å²) in [6, 6.07) is 0.785. The highest BCUT2D eigenvalue weighted by Gasteiger charge is 2.30. The van der Waals surface area contributed by atoms with E-state index < -0.39 is 38.4 Å². The number of carbonyl (C=O) groups excluding carboxylic acids is 1. The van der Waals surface area contributed by atoms with Gasteiger partial charge in [-0.25, -0.2) is 4.79 Å². The predicted octanol–water partition coefficient (Wildman–Crippen LogP) is 0.424. The fourth-order valence-corrected chi connectivity index (χ4v) is 1.43. The van der Waals surface area contributed by atoms with E-state index in [4.69, 9.17) is 5.73 Å². The van der Waals surface area contributed by atoms with Crippen molar-refractivity contribution in [3.05, 3.63) is 37.4 Å². The number of anilines is 1. The number of nitrogens with two attached hydrogens (primary N) is 2. The van der Waals surface area contributed by atoms with Crippen LogP contribution in [0, 0.1) is 27.2 Å². The van der Waals surface area contributed by atoms with Crippen molar-refractivity contribution in [3.63, 3.8) is 0 Å². The summed E-state index contributed by atoms with van der Waals surface area (Å²) in [5.74, 6) is 3.42. The molecule has 1 aromatic rings. The number of nitrogen functional groups attached to an aromatic ring is 1. The highest BCUT2D eigenvalue weighted by Crippen LogP contribution is 2.36. The molecule has 0 unspecified atom stereocenters. The largest absolute Gasteiger partial charge is 0.392 e. The molecule has 0 saturated carbocycles. The van der Waals surface area contributed by atoms with Gasteiger partial charge in [-0.2, -0.15) is 5.90 Å². The summed E-state index contributed by atoms with van der Waals surface area (Å²) >= 11 is 0. The van der Waals surface area contributed by atoms with Crippen LogP contribution in [0.1, 0.15) is 15.9 Å². The van der Waals surface area contributed by atoms with Crippen molar-refractivity contribution in [2.75, 3.05) is 5.73 Å². The monoisotopic (exact) mass is 256 g/mol. The van der Waals surface area contributed by atoms with Gasteiger partial charge in [-0.1, -0.05) is 0 Å². The minimum Gasteiger partial charge on any atom is -0.392 e. The SMILES string of the molecule is Cc1c([N+](=O)[O-])cc(C(=O)ON)c(N)c1[N+](=O)[O-]. The highest BCUT2D eigenvalue weighted by molar-refractivity contribution is 5.99. The number of benzene rings is 1. The van der Waals surface area contributed by atoms with Crippen LogP contribution in [-0.2, 0) is 4.84 Å². The van der Waals surface area contributed by atoms with Gasteiger partial charge in [0.15, 0.2) is 0 Å². The average Bonchev–Trinajstić information content (AvgIpc) is 2.27. The summed E-state index contributed by atoms with van der Waals surface area (Å²) in [4.78, 5) is 34.8. The fraction of sp³-hybridized carbons (Fsp3) is 0.125. The molecule has 1 rings (SSSR count). The van der Waals surface area contributed by atoms with E-state index in [1.165, 1.54) is 0 Å². The van der Waals surface area contributed by atoms with Crippen molar-refractivity contribution in [1.82, 2.24) is 0 Å². The molecule has 96 valence electrons. The number of nitro groups is 2. The normalized spacial score (nSPS) is 9.89. The molecule has 0 bridgehead atoms. The van der Waals surface area contributed by atoms with E-state index in [0.29, 0.717) is 0 Å². The Hall–Kier alpha value is -2.75. The van der Waals surface area contributed by atoms with Crippen LogP contribution in [0.3, 0.4) is 0 Å². The molecule has 0 saturated heterocycles. The van der Waals surface area contributed by atoms with Crippen LogP contribution in [0.15, 0.2) is 6.07 Å². The summed E-state index contributed by atoms with van der Waals surface area (Å²) in [6.07, 6.45) is 0. The number of hydrogen-bond acceptors (Lipinski definition) is 8. The molecule has 1 aromatic carbocycles. The molecule has 10 heteroatoms. The summed E-state index contributed by atoms with van der Waals surface area (Å²) in [5.41, 5.74) is 2.77.